The number of carboxylic acid groups (broad SMARTS) is 1. The summed E-state index contributed by atoms with van der Waals surface area (Å²) in [4.78, 5) is 10.5. The van der Waals surface area contributed by atoms with Crippen molar-refractivity contribution < 1.29 is 9.90 Å². The minimum Gasteiger partial charge on any atom is -0.481 e. The number of hydrogen-bond donors (Lipinski definition) is 1. The molecule has 2 rings (SSSR count). The lowest BCUT2D eigenvalue weighted by molar-refractivity contribution is -0.133. The highest BCUT2D eigenvalue weighted by Gasteiger charge is 2.18. The van der Waals surface area contributed by atoms with Crippen molar-refractivity contribution in [1.29, 1.82) is 0 Å². The average Bonchev–Trinajstić information content (AvgIpc) is 2.70. The van der Waals surface area contributed by atoms with Gasteiger partial charge in [0.25, 0.3) is 0 Å². The first-order chi connectivity index (χ1) is 8.66. The Labute approximate surface area is 111 Å². The van der Waals surface area contributed by atoms with Gasteiger partial charge in [-0.1, -0.05) is 43.9 Å². The number of aromatic nitrogens is 3. The van der Waals surface area contributed by atoms with Crippen molar-refractivity contribution >= 4 is 17.7 Å². The molecule has 0 aromatic carbocycles. The zero-order valence-corrected chi connectivity index (χ0v) is 11.4. The van der Waals surface area contributed by atoms with Gasteiger partial charge in [0.05, 0.1) is 5.75 Å². The maximum Gasteiger partial charge on any atom is 0.313 e. The van der Waals surface area contributed by atoms with Crippen molar-refractivity contribution in [3.63, 3.8) is 0 Å². The van der Waals surface area contributed by atoms with E-state index in [9.17, 15) is 4.79 Å². The summed E-state index contributed by atoms with van der Waals surface area (Å²) in [5.74, 6) is 0.917. The van der Waals surface area contributed by atoms with Crippen LogP contribution >= 0.6 is 11.8 Å². The second-order valence-electron chi connectivity index (χ2n) is 4.85. The highest BCUT2D eigenvalue weighted by atomic mass is 32.2. The maximum absolute atomic E-state index is 10.5. The van der Waals surface area contributed by atoms with Crippen LogP contribution in [0, 0.1) is 5.92 Å². The lowest BCUT2D eigenvalue weighted by Gasteiger charge is -2.20. The van der Waals surface area contributed by atoms with E-state index in [1.165, 1.54) is 43.9 Å². The van der Waals surface area contributed by atoms with Crippen molar-refractivity contribution in [3.8, 4) is 0 Å². The Balaban J connectivity index is 1.94. The van der Waals surface area contributed by atoms with E-state index in [1.54, 1.807) is 0 Å². The van der Waals surface area contributed by atoms with Crippen LogP contribution in [0.5, 0.6) is 0 Å². The molecule has 1 saturated carbocycles. The van der Waals surface area contributed by atoms with Gasteiger partial charge in [0.15, 0.2) is 5.16 Å². The molecule has 0 radical (unpaired) electrons. The molecule has 0 atom stereocenters. The van der Waals surface area contributed by atoms with E-state index in [4.69, 9.17) is 5.11 Å². The molecule has 1 heterocycles. The monoisotopic (exact) mass is 269 g/mol. The fourth-order valence-corrected chi connectivity index (χ4v) is 3.07. The Bertz CT molecular complexity index is 413. The van der Waals surface area contributed by atoms with Crippen molar-refractivity contribution in [2.75, 3.05) is 5.75 Å². The van der Waals surface area contributed by atoms with E-state index in [2.05, 4.69) is 10.2 Å². The first kappa shape index (κ1) is 13.4. The number of hydrogen-bond acceptors (Lipinski definition) is 4. The predicted octanol–water partition coefficient (Wildman–Crippen LogP) is 2.11. The van der Waals surface area contributed by atoms with E-state index < -0.39 is 5.97 Å². The molecule has 6 heteroatoms. The van der Waals surface area contributed by atoms with Crippen LogP contribution in [-0.2, 0) is 18.3 Å². The Morgan fingerprint density at radius 3 is 2.78 bits per heavy atom. The second kappa shape index (κ2) is 6.22. The summed E-state index contributed by atoms with van der Waals surface area (Å²) in [5, 5.41) is 17.6. The predicted molar refractivity (Wildman–Crippen MR) is 69.6 cm³/mol. The molecule has 18 heavy (non-hydrogen) atoms. The second-order valence-corrected chi connectivity index (χ2v) is 5.79. The third-order valence-electron chi connectivity index (χ3n) is 3.45. The molecule has 0 saturated heterocycles. The summed E-state index contributed by atoms with van der Waals surface area (Å²) in [5.41, 5.74) is 0. The molecule has 100 valence electrons. The van der Waals surface area contributed by atoms with Gasteiger partial charge in [-0.05, 0) is 5.92 Å². The first-order valence-corrected chi connectivity index (χ1v) is 7.38. The molecule has 1 fully saturated rings. The van der Waals surface area contributed by atoms with E-state index >= 15 is 0 Å². The van der Waals surface area contributed by atoms with Crippen LogP contribution < -0.4 is 0 Å². The number of rotatable bonds is 5. The normalized spacial score (nSPS) is 16.9. The molecule has 1 N–H and O–H groups in total. The van der Waals surface area contributed by atoms with Gasteiger partial charge in [-0.2, -0.15) is 0 Å². The van der Waals surface area contributed by atoms with Gasteiger partial charge >= 0.3 is 5.97 Å². The smallest absolute Gasteiger partial charge is 0.313 e. The van der Waals surface area contributed by atoms with Crippen LogP contribution in [0.1, 0.15) is 37.9 Å². The molecule has 0 bridgehead atoms. The Hall–Kier alpha value is -1.04. The molecule has 0 amide bonds. The molecule has 1 aliphatic rings. The van der Waals surface area contributed by atoms with E-state index in [-0.39, 0.29) is 5.75 Å². The molecule has 5 nitrogen and oxygen atoms in total. The molecule has 0 unspecified atom stereocenters. The molecule has 1 aromatic rings. The SMILES string of the molecule is Cn1c(CC2CCCCC2)nnc1SCC(=O)O. The Kier molecular flexibility index (Phi) is 4.63. The summed E-state index contributed by atoms with van der Waals surface area (Å²) in [7, 11) is 1.92. The molecule has 0 aliphatic heterocycles. The minimum absolute atomic E-state index is 0.0371. The number of carboxylic acids is 1. The lowest BCUT2D eigenvalue weighted by atomic mass is 9.87. The van der Waals surface area contributed by atoms with Gasteiger partial charge in [0.2, 0.25) is 0 Å². The van der Waals surface area contributed by atoms with Crippen molar-refractivity contribution in [2.24, 2.45) is 13.0 Å². The van der Waals surface area contributed by atoms with E-state index in [0.29, 0.717) is 5.16 Å². The van der Waals surface area contributed by atoms with Crippen molar-refractivity contribution in [1.82, 2.24) is 14.8 Å². The zero-order chi connectivity index (χ0) is 13.0. The molecule has 1 aromatic heterocycles. The van der Waals surface area contributed by atoms with Crippen LogP contribution in [0.25, 0.3) is 0 Å². The average molecular weight is 269 g/mol. The molecular weight excluding hydrogens is 250 g/mol. The Morgan fingerprint density at radius 2 is 2.11 bits per heavy atom. The molecule has 0 spiro atoms. The summed E-state index contributed by atoms with van der Waals surface area (Å²) < 4.78 is 1.93. The van der Waals surface area contributed by atoms with Gasteiger partial charge in [-0.3, -0.25) is 4.79 Å². The molecular formula is C12H19N3O2S. The Morgan fingerprint density at radius 1 is 1.39 bits per heavy atom. The number of aliphatic carboxylic acids is 1. The van der Waals surface area contributed by atoms with E-state index in [0.717, 1.165) is 18.2 Å². The lowest BCUT2D eigenvalue weighted by Crippen LogP contribution is -2.12. The van der Waals surface area contributed by atoms with E-state index in [1.807, 2.05) is 11.6 Å². The third kappa shape index (κ3) is 3.48. The van der Waals surface area contributed by atoms with Gasteiger partial charge in [0, 0.05) is 13.5 Å². The fourth-order valence-electron chi connectivity index (χ4n) is 2.42. The maximum atomic E-state index is 10.5. The number of nitrogens with zero attached hydrogens (tertiary/aromatic N) is 3. The largest absolute Gasteiger partial charge is 0.481 e. The number of carbonyl (C=O) groups is 1. The third-order valence-corrected chi connectivity index (χ3v) is 4.45. The summed E-state index contributed by atoms with van der Waals surface area (Å²) in [6, 6.07) is 0. The quantitative estimate of drug-likeness (QED) is 0.829. The topological polar surface area (TPSA) is 68.0 Å². The van der Waals surface area contributed by atoms with Crippen LogP contribution in [0.4, 0.5) is 0 Å². The van der Waals surface area contributed by atoms with Gasteiger partial charge in [-0.15, -0.1) is 10.2 Å². The van der Waals surface area contributed by atoms with Gasteiger partial charge < -0.3 is 9.67 Å². The summed E-state index contributed by atoms with van der Waals surface area (Å²) in [6.07, 6.45) is 7.54. The van der Waals surface area contributed by atoms with Crippen LogP contribution in [0.15, 0.2) is 5.16 Å². The summed E-state index contributed by atoms with van der Waals surface area (Å²) >= 11 is 1.23. The summed E-state index contributed by atoms with van der Waals surface area (Å²) in [6.45, 7) is 0. The molecule has 1 aliphatic carbocycles. The highest BCUT2D eigenvalue weighted by Crippen LogP contribution is 2.27. The zero-order valence-electron chi connectivity index (χ0n) is 10.6. The number of thioether (sulfide) groups is 1. The fraction of sp³-hybridized carbons (Fsp3) is 0.750. The minimum atomic E-state index is -0.822. The standard InChI is InChI=1S/C12H19N3O2S/c1-15-10(7-9-5-3-2-4-6-9)13-14-12(15)18-8-11(16)17/h9H,2-8H2,1H3,(H,16,17). The van der Waals surface area contributed by atoms with Crippen LogP contribution in [-0.4, -0.2) is 31.6 Å². The highest BCUT2D eigenvalue weighted by molar-refractivity contribution is 7.99. The van der Waals surface area contributed by atoms with Crippen LogP contribution in [0.3, 0.4) is 0 Å². The van der Waals surface area contributed by atoms with Gasteiger partial charge in [0.1, 0.15) is 5.82 Å². The van der Waals surface area contributed by atoms with Crippen molar-refractivity contribution in [3.05, 3.63) is 5.82 Å². The first-order valence-electron chi connectivity index (χ1n) is 6.39. The van der Waals surface area contributed by atoms with Crippen LogP contribution in [0.2, 0.25) is 0 Å². The van der Waals surface area contributed by atoms with Gasteiger partial charge in [-0.25, -0.2) is 0 Å². The van der Waals surface area contributed by atoms with Crippen molar-refractivity contribution in [2.45, 2.75) is 43.7 Å².